The summed E-state index contributed by atoms with van der Waals surface area (Å²) in [5.74, 6) is -0.616. The van der Waals surface area contributed by atoms with Crippen LogP contribution in [0, 0.1) is 56.1 Å². The first-order valence-corrected chi connectivity index (χ1v) is 26.2. The van der Waals surface area contributed by atoms with E-state index in [1.54, 1.807) is 38.1 Å². The highest BCUT2D eigenvalue weighted by Gasteiger charge is 2.70. The maximum Gasteiger partial charge on any atom is 0.357 e. The lowest BCUT2D eigenvalue weighted by atomic mass is 9.33. The van der Waals surface area contributed by atoms with E-state index in [1.807, 2.05) is 12.1 Å². The largest absolute Gasteiger partial charge is 0.393 e. The zero-order valence-corrected chi connectivity index (χ0v) is 41.5. The van der Waals surface area contributed by atoms with Gasteiger partial charge >= 0.3 is 7.60 Å². The molecule has 0 spiro atoms. The molecule has 0 radical (unpaired) electrons. The molecule has 65 heavy (non-hydrogen) atoms. The standard InChI is InChI=1S/C53H77FN3O7P/c1-10-63-65(62,64-11-2)46(36-16-18-37(54)19-17-36)57-38-20-14-35(15-21-38)32-44(60)55-30-12-13-31-56-47(61)50(6)27-26-49(5)28-29-52(8)39(40(49)34-50)33-41(58)45-51(7)24-23-43(59)48(3,4)42(51)22-25-53(45,52)9/h14-21,33,40,42-43,45-46,57,59H,10-13,22-32,34H2,1-9H3,(H,55,60)(H,56,61)/t40-,42-,43-,45+,46?,49+,50-,51-,52+,53+/m0/s1. The van der Waals surface area contributed by atoms with Crippen molar-refractivity contribution in [3.8, 4) is 0 Å². The van der Waals surface area contributed by atoms with Gasteiger partial charge < -0.3 is 30.1 Å². The molecule has 2 aromatic rings. The molecule has 10 nitrogen and oxygen atoms in total. The molecular formula is C53H77FN3O7P. The van der Waals surface area contributed by atoms with E-state index in [9.17, 15) is 28.4 Å². The topological polar surface area (TPSA) is 143 Å². The van der Waals surface area contributed by atoms with Gasteiger partial charge in [0.2, 0.25) is 11.8 Å². The summed E-state index contributed by atoms with van der Waals surface area (Å²) >= 11 is 0. The number of unbranched alkanes of at least 4 members (excludes halogenated alkanes) is 1. The zero-order valence-electron chi connectivity index (χ0n) is 40.6. The minimum absolute atomic E-state index is 0.0528. The van der Waals surface area contributed by atoms with E-state index >= 15 is 0 Å². The molecule has 0 aliphatic heterocycles. The van der Waals surface area contributed by atoms with Gasteiger partial charge in [0.25, 0.3) is 0 Å². The Morgan fingerprint density at radius 1 is 0.831 bits per heavy atom. The number of allylic oxidation sites excluding steroid dienone is 2. The lowest BCUT2D eigenvalue weighted by molar-refractivity contribution is -0.202. The van der Waals surface area contributed by atoms with Gasteiger partial charge in [-0.25, -0.2) is 4.39 Å². The number of rotatable bonds is 16. The number of hydrogen-bond donors (Lipinski definition) is 4. The average molecular weight is 918 g/mol. The van der Waals surface area contributed by atoms with E-state index in [2.05, 4.69) is 70.5 Å². The second-order valence-electron chi connectivity index (χ2n) is 22.3. The van der Waals surface area contributed by atoms with Crippen LogP contribution in [0.2, 0.25) is 0 Å². The second kappa shape index (κ2) is 18.6. The highest BCUT2D eigenvalue weighted by atomic mass is 31.2. The molecule has 2 aromatic carbocycles. The summed E-state index contributed by atoms with van der Waals surface area (Å²) in [7, 11) is -3.67. The van der Waals surface area contributed by atoms with Gasteiger partial charge in [-0.1, -0.05) is 78.3 Å². The van der Waals surface area contributed by atoms with E-state index in [0.29, 0.717) is 30.3 Å². The number of aliphatic hydroxyl groups is 1. The van der Waals surface area contributed by atoms with Crippen molar-refractivity contribution in [1.29, 1.82) is 0 Å². The summed E-state index contributed by atoms with van der Waals surface area (Å²) in [6, 6.07) is 13.0. The Hall–Kier alpha value is -3.37. The number of anilines is 1. The molecule has 358 valence electrons. The lowest BCUT2D eigenvalue weighted by Crippen LogP contribution is -2.66. The fourth-order valence-electron chi connectivity index (χ4n) is 13.9. The lowest BCUT2D eigenvalue weighted by Gasteiger charge is -2.70. The van der Waals surface area contributed by atoms with Crippen LogP contribution < -0.4 is 16.0 Å². The first kappa shape index (κ1) is 49.5. The Kier molecular flexibility index (Phi) is 14.2. The first-order valence-electron chi connectivity index (χ1n) is 24.6. The molecule has 0 saturated heterocycles. The molecule has 4 N–H and O–H groups in total. The predicted octanol–water partition coefficient (Wildman–Crippen LogP) is 11.1. The van der Waals surface area contributed by atoms with Crippen molar-refractivity contribution < 1.29 is 37.5 Å². The van der Waals surface area contributed by atoms with Gasteiger partial charge in [-0.3, -0.25) is 18.9 Å². The average Bonchev–Trinajstić information content (AvgIpc) is 3.25. The normalized spacial score (nSPS) is 34.4. The Labute approximate surface area is 388 Å². The Balaban J connectivity index is 0.907. The van der Waals surface area contributed by atoms with Crippen LogP contribution in [-0.4, -0.2) is 55.1 Å². The summed E-state index contributed by atoms with van der Waals surface area (Å²) in [4.78, 5) is 41.7. The van der Waals surface area contributed by atoms with Crippen molar-refractivity contribution in [2.75, 3.05) is 31.6 Å². The van der Waals surface area contributed by atoms with Crippen molar-refractivity contribution in [2.45, 2.75) is 151 Å². The third-order valence-corrected chi connectivity index (χ3v) is 20.4. The van der Waals surface area contributed by atoms with Crippen LogP contribution in [0.25, 0.3) is 0 Å². The van der Waals surface area contributed by atoms with Gasteiger partial charge in [-0.2, -0.15) is 0 Å². The number of ketones is 1. The first-order chi connectivity index (χ1) is 30.6. The van der Waals surface area contributed by atoms with Gasteiger partial charge in [-0.05, 0) is 165 Å². The molecule has 7 rings (SSSR count). The predicted molar refractivity (Wildman–Crippen MR) is 254 cm³/mol. The van der Waals surface area contributed by atoms with Crippen molar-refractivity contribution in [2.24, 2.45) is 50.2 Å². The van der Waals surface area contributed by atoms with Crippen molar-refractivity contribution >= 4 is 30.9 Å². The fraction of sp³-hybridized carbons (Fsp3) is 0.679. The number of aliphatic hydroxyl groups excluding tert-OH is 1. The molecule has 1 unspecified atom stereocenters. The minimum Gasteiger partial charge on any atom is -0.393 e. The molecule has 0 heterocycles. The molecule has 4 fully saturated rings. The van der Waals surface area contributed by atoms with Crippen LogP contribution >= 0.6 is 7.60 Å². The molecular weight excluding hydrogens is 841 g/mol. The number of carbonyl (C=O) groups is 3. The number of carbonyl (C=O) groups excluding carboxylic acids is 3. The van der Waals surface area contributed by atoms with Crippen LogP contribution in [0.4, 0.5) is 10.1 Å². The smallest absolute Gasteiger partial charge is 0.357 e. The molecule has 5 aliphatic carbocycles. The van der Waals surface area contributed by atoms with Crippen molar-refractivity contribution in [3.05, 3.63) is 77.1 Å². The van der Waals surface area contributed by atoms with E-state index in [-0.39, 0.29) is 82.2 Å². The summed E-state index contributed by atoms with van der Waals surface area (Å²) in [5, 5.41) is 20.6. The van der Waals surface area contributed by atoms with Gasteiger partial charge in [0.1, 0.15) is 5.82 Å². The Morgan fingerprint density at radius 3 is 2.11 bits per heavy atom. The molecule has 10 atom stereocenters. The monoisotopic (exact) mass is 918 g/mol. The Morgan fingerprint density at radius 2 is 1.46 bits per heavy atom. The third kappa shape index (κ3) is 9.06. The third-order valence-electron chi connectivity index (χ3n) is 18.1. The van der Waals surface area contributed by atoms with Gasteiger partial charge in [0, 0.05) is 30.1 Å². The quantitative estimate of drug-likeness (QED) is 0.0963. The molecule has 12 heteroatoms. The zero-order chi connectivity index (χ0) is 47.2. The highest BCUT2D eigenvalue weighted by Crippen LogP contribution is 2.75. The van der Waals surface area contributed by atoms with E-state index in [4.69, 9.17) is 9.05 Å². The van der Waals surface area contributed by atoms with Crippen LogP contribution in [0.1, 0.15) is 150 Å². The molecule has 0 bridgehead atoms. The minimum atomic E-state index is -3.67. The second-order valence-corrected chi connectivity index (χ2v) is 24.4. The molecule has 4 saturated carbocycles. The van der Waals surface area contributed by atoms with Gasteiger partial charge in [0.05, 0.1) is 25.7 Å². The summed E-state index contributed by atoms with van der Waals surface area (Å²) in [5.41, 5.74) is 2.15. The van der Waals surface area contributed by atoms with E-state index in [0.717, 1.165) is 76.2 Å². The van der Waals surface area contributed by atoms with Crippen LogP contribution in [0.3, 0.4) is 0 Å². The van der Waals surface area contributed by atoms with Crippen LogP contribution in [0.5, 0.6) is 0 Å². The summed E-state index contributed by atoms with van der Waals surface area (Å²) < 4.78 is 38.9. The fourth-order valence-corrected chi connectivity index (χ4v) is 15.9. The molecule has 5 aliphatic rings. The van der Waals surface area contributed by atoms with Gasteiger partial charge in [0.15, 0.2) is 11.6 Å². The SMILES string of the molecule is CCOP(=O)(OCC)C(Nc1ccc(CC(=O)NCCCCNC(=O)[C@@]2(C)CC[C@]3(C)CC[C@]4(C)C(=CC(=O)[C@@H]5[C@@]6(C)CC[C@H](O)C(C)(C)[C@@H]6CC[C@]54C)[C@@H]3C2)cc1)c1ccc(F)cc1. The maximum absolute atomic E-state index is 14.7. The van der Waals surface area contributed by atoms with E-state index in [1.165, 1.54) is 17.7 Å². The van der Waals surface area contributed by atoms with Crippen LogP contribution in [-0.2, 0) is 34.4 Å². The van der Waals surface area contributed by atoms with Crippen molar-refractivity contribution in [3.63, 3.8) is 0 Å². The number of amides is 2. The number of fused-ring (bicyclic) bond motifs is 7. The number of halogens is 1. The number of hydrogen-bond acceptors (Lipinski definition) is 8. The van der Waals surface area contributed by atoms with Gasteiger partial charge in [-0.15, -0.1) is 0 Å². The highest BCUT2D eigenvalue weighted by molar-refractivity contribution is 7.54. The van der Waals surface area contributed by atoms with E-state index < -0.39 is 24.6 Å². The number of nitrogens with one attached hydrogen (secondary N) is 3. The summed E-state index contributed by atoms with van der Waals surface area (Å²) in [6.07, 6.45) is 11.7. The van der Waals surface area contributed by atoms with Crippen LogP contribution in [0.15, 0.2) is 60.2 Å². The van der Waals surface area contributed by atoms with Crippen molar-refractivity contribution in [1.82, 2.24) is 10.6 Å². The number of benzene rings is 2. The molecule has 2 amide bonds. The molecule has 0 aromatic heterocycles. The maximum atomic E-state index is 14.7. The summed E-state index contributed by atoms with van der Waals surface area (Å²) in [6.45, 7) is 21.0. The Bertz CT molecular complexity index is 2150.